The fourth-order valence-electron chi connectivity index (χ4n) is 2.42. The summed E-state index contributed by atoms with van der Waals surface area (Å²) in [6.45, 7) is 6.11. The molecule has 0 aliphatic carbocycles. The van der Waals surface area contributed by atoms with Gasteiger partial charge in [-0.3, -0.25) is 0 Å². The molecule has 0 saturated carbocycles. The second kappa shape index (κ2) is 13.3. The van der Waals surface area contributed by atoms with Crippen molar-refractivity contribution in [1.29, 1.82) is 0 Å². The molecule has 0 aromatic carbocycles. The lowest BCUT2D eigenvalue weighted by Gasteiger charge is -2.15. The summed E-state index contributed by atoms with van der Waals surface area (Å²) in [4.78, 5) is 23.3. The van der Waals surface area contributed by atoms with Crippen LogP contribution < -0.4 is 44.2 Å². The topological polar surface area (TPSA) is 230 Å². The lowest BCUT2D eigenvalue weighted by atomic mass is 10.3. The van der Waals surface area contributed by atoms with Crippen molar-refractivity contribution in [2.24, 2.45) is 0 Å². The average molecular weight is 443 g/mol. The molecule has 1 unspecified atom stereocenters. The smallest absolute Gasteiger partial charge is 0.229 e. The summed E-state index contributed by atoms with van der Waals surface area (Å²) >= 11 is 0. The molecular weight excluding hydrogens is 412 g/mol. The van der Waals surface area contributed by atoms with E-state index in [2.05, 4.69) is 58.1 Å². The van der Waals surface area contributed by atoms with Gasteiger partial charge in [0.25, 0.3) is 0 Å². The van der Waals surface area contributed by atoms with Crippen LogP contribution in [0.3, 0.4) is 0 Å². The van der Waals surface area contributed by atoms with Crippen molar-refractivity contribution in [2.45, 2.75) is 25.8 Å². The zero-order valence-corrected chi connectivity index (χ0v) is 17.7. The highest BCUT2D eigenvalue weighted by atomic mass is 35.5. The van der Waals surface area contributed by atoms with E-state index in [-0.39, 0.29) is 36.2 Å². The van der Waals surface area contributed by atoms with Crippen LogP contribution >= 0.6 is 12.4 Å². The summed E-state index contributed by atoms with van der Waals surface area (Å²) in [6.07, 6.45) is 1.80. The predicted octanol–water partition coefficient (Wildman–Crippen LogP) is -1.32. The van der Waals surface area contributed by atoms with Crippen molar-refractivity contribution in [2.75, 3.05) is 66.3 Å². The maximum absolute atomic E-state index is 5.52. The van der Waals surface area contributed by atoms with Gasteiger partial charge in [0.1, 0.15) is 0 Å². The van der Waals surface area contributed by atoms with Gasteiger partial charge >= 0.3 is 0 Å². The number of aromatic nitrogens is 6. The fourth-order valence-corrected chi connectivity index (χ4v) is 2.42. The highest BCUT2D eigenvalue weighted by Crippen LogP contribution is 2.03. The quantitative estimate of drug-likeness (QED) is 0.168. The molecule has 168 valence electrons. The molecule has 0 spiro atoms. The molecular formula is C15H31ClN14. The number of nitrogen functional groups attached to an aromatic ring is 4. The zero-order chi connectivity index (χ0) is 21.1. The fraction of sp³-hybridized carbons (Fsp3) is 0.600. The van der Waals surface area contributed by atoms with E-state index < -0.39 is 0 Å². The van der Waals surface area contributed by atoms with Crippen LogP contribution in [0.4, 0.5) is 35.7 Å². The molecule has 2 rings (SSSR count). The summed E-state index contributed by atoms with van der Waals surface area (Å²) in [5, 5.41) is 13.0. The molecule has 15 heteroatoms. The standard InChI is InChI=1S/C15H30N14.ClH/c1-9(21-5-3-7-23-15-28-12(18)25-13(19)29-15)8-20-4-2-6-22-14-26-10(16)24-11(17)27-14;/h9,20-21H,2-8H2,1H3,(H5,16,17,22,24,26,27)(H5,18,19,23,25,28,29);1H. The molecule has 0 amide bonds. The highest BCUT2D eigenvalue weighted by Gasteiger charge is 2.03. The van der Waals surface area contributed by atoms with Crippen molar-refractivity contribution < 1.29 is 0 Å². The Kier molecular flexibility index (Phi) is 11.1. The van der Waals surface area contributed by atoms with Crippen molar-refractivity contribution in [3.63, 3.8) is 0 Å². The van der Waals surface area contributed by atoms with Gasteiger partial charge in [0.15, 0.2) is 0 Å². The number of rotatable bonds is 13. The number of hydrogen-bond acceptors (Lipinski definition) is 14. The summed E-state index contributed by atoms with van der Waals surface area (Å²) in [6, 6.07) is 0.342. The Morgan fingerprint density at radius 2 is 1.10 bits per heavy atom. The van der Waals surface area contributed by atoms with Gasteiger partial charge in [-0.05, 0) is 32.9 Å². The van der Waals surface area contributed by atoms with Crippen molar-refractivity contribution in [3.8, 4) is 0 Å². The van der Waals surface area contributed by atoms with Crippen LogP contribution in [0.25, 0.3) is 0 Å². The van der Waals surface area contributed by atoms with E-state index in [1.54, 1.807) is 0 Å². The van der Waals surface area contributed by atoms with Gasteiger partial charge < -0.3 is 44.2 Å². The van der Waals surface area contributed by atoms with Crippen molar-refractivity contribution >= 4 is 48.1 Å². The molecule has 2 aromatic rings. The first-order chi connectivity index (χ1) is 13.9. The molecule has 12 N–H and O–H groups in total. The van der Waals surface area contributed by atoms with Crippen molar-refractivity contribution in [3.05, 3.63) is 0 Å². The number of halogens is 1. The van der Waals surface area contributed by atoms with Crippen molar-refractivity contribution in [1.82, 2.24) is 40.5 Å². The number of nitrogens with zero attached hydrogens (tertiary/aromatic N) is 6. The van der Waals surface area contributed by atoms with Gasteiger partial charge in [-0.1, -0.05) is 0 Å². The summed E-state index contributed by atoms with van der Waals surface area (Å²) in [5.74, 6) is 1.20. The van der Waals surface area contributed by atoms with Gasteiger partial charge in [0.05, 0.1) is 0 Å². The van der Waals surface area contributed by atoms with E-state index in [4.69, 9.17) is 22.9 Å². The molecule has 0 radical (unpaired) electrons. The van der Waals surface area contributed by atoms with Crippen LogP contribution in [0.5, 0.6) is 0 Å². The Morgan fingerprint density at radius 1 is 0.667 bits per heavy atom. The lowest BCUT2D eigenvalue weighted by Crippen LogP contribution is -2.37. The van der Waals surface area contributed by atoms with Gasteiger partial charge in [0.2, 0.25) is 35.7 Å². The van der Waals surface area contributed by atoms with Crippen LogP contribution in [-0.2, 0) is 0 Å². The monoisotopic (exact) mass is 442 g/mol. The summed E-state index contributed by atoms with van der Waals surface area (Å²) in [7, 11) is 0. The Labute approximate surface area is 181 Å². The molecule has 0 saturated heterocycles. The van der Waals surface area contributed by atoms with Crippen LogP contribution in [0, 0.1) is 0 Å². The molecule has 30 heavy (non-hydrogen) atoms. The minimum Gasteiger partial charge on any atom is -0.368 e. The molecule has 2 heterocycles. The number of anilines is 6. The van der Waals surface area contributed by atoms with E-state index in [0.717, 1.165) is 32.5 Å². The zero-order valence-electron chi connectivity index (χ0n) is 16.9. The second-order valence-corrected chi connectivity index (χ2v) is 6.37. The first kappa shape index (κ1) is 25.1. The first-order valence-corrected chi connectivity index (χ1v) is 9.38. The van der Waals surface area contributed by atoms with Gasteiger partial charge in [-0.2, -0.15) is 29.9 Å². The number of nitrogens with one attached hydrogen (secondary N) is 4. The van der Waals surface area contributed by atoms with Crippen LogP contribution in [0.1, 0.15) is 19.8 Å². The van der Waals surface area contributed by atoms with E-state index in [9.17, 15) is 0 Å². The minimum absolute atomic E-state index is 0. The van der Waals surface area contributed by atoms with E-state index in [1.807, 2.05) is 0 Å². The maximum Gasteiger partial charge on any atom is 0.229 e. The van der Waals surface area contributed by atoms with Gasteiger partial charge in [-0.25, -0.2) is 0 Å². The van der Waals surface area contributed by atoms with E-state index >= 15 is 0 Å². The Hall–Kier alpha value is -2.97. The van der Waals surface area contributed by atoms with E-state index in [1.165, 1.54) is 0 Å². The third-order valence-corrected chi connectivity index (χ3v) is 3.73. The molecule has 0 aliphatic rings. The largest absolute Gasteiger partial charge is 0.368 e. The third-order valence-electron chi connectivity index (χ3n) is 3.73. The Balaban J connectivity index is 0.00000450. The second-order valence-electron chi connectivity index (χ2n) is 6.37. The minimum atomic E-state index is 0. The van der Waals surface area contributed by atoms with Crippen LogP contribution in [-0.4, -0.2) is 68.7 Å². The summed E-state index contributed by atoms with van der Waals surface area (Å²) < 4.78 is 0. The molecule has 2 aromatic heterocycles. The normalized spacial score (nSPS) is 11.5. The van der Waals surface area contributed by atoms with Crippen LogP contribution in [0.15, 0.2) is 0 Å². The molecule has 1 atom stereocenters. The first-order valence-electron chi connectivity index (χ1n) is 9.38. The molecule has 0 aliphatic heterocycles. The molecule has 0 bridgehead atoms. The van der Waals surface area contributed by atoms with E-state index in [0.29, 0.717) is 31.0 Å². The Bertz CT molecular complexity index is 720. The molecule has 14 nitrogen and oxygen atoms in total. The predicted molar refractivity (Wildman–Crippen MR) is 121 cm³/mol. The average Bonchev–Trinajstić information content (AvgIpc) is 2.62. The maximum atomic E-state index is 5.52. The SMILES string of the molecule is CC(CNCCCNc1nc(N)nc(N)n1)NCCCNc1nc(N)nc(N)n1.Cl. The number of hydrogen-bond donors (Lipinski definition) is 8. The lowest BCUT2D eigenvalue weighted by molar-refractivity contribution is 0.497. The van der Waals surface area contributed by atoms with Crippen LogP contribution in [0.2, 0.25) is 0 Å². The summed E-state index contributed by atoms with van der Waals surface area (Å²) in [5.41, 5.74) is 22.1. The van der Waals surface area contributed by atoms with Gasteiger partial charge in [0, 0.05) is 25.7 Å². The Morgan fingerprint density at radius 3 is 1.57 bits per heavy atom. The highest BCUT2D eigenvalue weighted by molar-refractivity contribution is 5.85. The molecule has 0 fully saturated rings. The number of nitrogens with two attached hydrogens (primary N) is 4. The van der Waals surface area contributed by atoms with Gasteiger partial charge in [-0.15, -0.1) is 12.4 Å². The third kappa shape index (κ3) is 9.99.